The van der Waals surface area contributed by atoms with Crippen molar-refractivity contribution >= 4 is 21.9 Å². The summed E-state index contributed by atoms with van der Waals surface area (Å²) in [6.45, 7) is 0. The molecule has 0 spiro atoms. The molecule has 1 rings (SSSR count). The number of rotatable bonds is 5. The molecule has 0 aliphatic heterocycles. The highest BCUT2D eigenvalue weighted by Gasteiger charge is 2.23. The molecular weight excluding hydrogens is 309 g/mol. The lowest BCUT2D eigenvalue weighted by molar-refractivity contribution is -0.138. The number of halogens is 2. The molecular formula is C11H13BrFNO4. The molecule has 0 aromatic heterocycles. The van der Waals surface area contributed by atoms with E-state index >= 15 is 0 Å². The van der Waals surface area contributed by atoms with Crippen molar-refractivity contribution in [2.75, 3.05) is 14.2 Å². The lowest BCUT2D eigenvalue weighted by Crippen LogP contribution is -2.32. The number of carboxylic acids is 1. The minimum absolute atomic E-state index is 0.00424. The van der Waals surface area contributed by atoms with Crippen LogP contribution in [0.25, 0.3) is 0 Å². The molecule has 0 heterocycles. The Hall–Kier alpha value is -1.34. The van der Waals surface area contributed by atoms with Gasteiger partial charge in [-0.3, -0.25) is 4.79 Å². The maximum absolute atomic E-state index is 13.6. The Kier molecular flexibility index (Phi) is 4.92. The van der Waals surface area contributed by atoms with Crippen molar-refractivity contribution in [2.24, 2.45) is 5.73 Å². The largest absolute Gasteiger partial charge is 0.492 e. The second-order valence-electron chi connectivity index (χ2n) is 3.53. The summed E-state index contributed by atoms with van der Waals surface area (Å²) in [5.74, 6) is -1.68. The van der Waals surface area contributed by atoms with Gasteiger partial charge in [0.15, 0.2) is 17.3 Å². The number of nitrogens with two attached hydrogens (primary N) is 1. The first-order valence-electron chi connectivity index (χ1n) is 4.99. The van der Waals surface area contributed by atoms with E-state index in [0.29, 0.717) is 10.0 Å². The number of carboxylic acid groups (broad SMARTS) is 1. The summed E-state index contributed by atoms with van der Waals surface area (Å²) in [6.07, 6.45) is -0.00424. The SMILES string of the molecule is COc1c(F)cc(Br)c(CC(N)C(=O)O)c1OC. The molecule has 18 heavy (non-hydrogen) atoms. The van der Waals surface area contributed by atoms with Gasteiger partial charge in [-0.2, -0.15) is 0 Å². The number of carbonyl (C=O) groups is 1. The van der Waals surface area contributed by atoms with Gasteiger partial charge in [-0.25, -0.2) is 4.39 Å². The van der Waals surface area contributed by atoms with E-state index in [9.17, 15) is 9.18 Å². The van der Waals surface area contributed by atoms with Crippen molar-refractivity contribution in [3.63, 3.8) is 0 Å². The van der Waals surface area contributed by atoms with Gasteiger partial charge in [0, 0.05) is 16.5 Å². The van der Waals surface area contributed by atoms with E-state index in [0.717, 1.165) is 0 Å². The molecule has 3 N–H and O–H groups in total. The Morgan fingerprint density at radius 2 is 2.06 bits per heavy atom. The first-order valence-corrected chi connectivity index (χ1v) is 5.78. The van der Waals surface area contributed by atoms with E-state index in [1.807, 2.05) is 0 Å². The highest BCUT2D eigenvalue weighted by molar-refractivity contribution is 9.10. The zero-order valence-electron chi connectivity index (χ0n) is 9.87. The van der Waals surface area contributed by atoms with Crippen LogP contribution >= 0.6 is 15.9 Å². The number of methoxy groups -OCH3 is 2. The molecule has 0 aliphatic rings. The number of aliphatic carboxylic acids is 1. The Bertz CT molecular complexity index is 467. The minimum atomic E-state index is -1.15. The Labute approximate surface area is 112 Å². The predicted molar refractivity (Wildman–Crippen MR) is 66.5 cm³/mol. The molecule has 1 atom stereocenters. The molecule has 7 heteroatoms. The summed E-state index contributed by atoms with van der Waals surface area (Å²) < 4.78 is 23.9. The van der Waals surface area contributed by atoms with Crippen molar-refractivity contribution in [3.8, 4) is 11.5 Å². The molecule has 0 aliphatic carbocycles. The zero-order chi connectivity index (χ0) is 13.9. The van der Waals surface area contributed by atoms with Gasteiger partial charge in [-0.05, 0) is 6.07 Å². The molecule has 0 bridgehead atoms. The molecule has 0 amide bonds. The van der Waals surface area contributed by atoms with Crippen molar-refractivity contribution in [2.45, 2.75) is 12.5 Å². The summed E-state index contributed by atoms with van der Waals surface area (Å²) in [5, 5.41) is 8.79. The molecule has 0 saturated carbocycles. The molecule has 5 nitrogen and oxygen atoms in total. The van der Waals surface area contributed by atoms with Gasteiger partial charge < -0.3 is 20.3 Å². The van der Waals surface area contributed by atoms with Crippen LogP contribution in [-0.2, 0) is 11.2 Å². The molecule has 0 radical (unpaired) electrons. The fraction of sp³-hybridized carbons (Fsp3) is 0.364. The number of ether oxygens (including phenoxy) is 2. The van der Waals surface area contributed by atoms with Gasteiger partial charge in [0.05, 0.1) is 14.2 Å². The van der Waals surface area contributed by atoms with E-state index in [4.69, 9.17) is 20.3 Å². The van der Waals surface area contributed by atoms with Crippen LogP contribution in [0, 0.1) is 5.82 Å². The second kappa shape index (κ2) is 6.01. The van der Waals surface area contributed by atoms with Crippen molar-refractivity contribution < 1.29 is 23.8 Å². The van der Waals surface area contributed by atoms with Gasteiger partial charge in [0.2, 0.25) is 0 Å². The maximum atomic E-state index is 13.6. The number of hydrogen-bond donors (Lipinski definition) is 2. The Morgan fingerprint density at radius 3 is 2.50 bits per heavy atom. The summed E-state index contributed by atoms with van der Waals surface area (Å²) in [4.78, 5) is 10.7. The maximum Gasteiger partial charge on any atom is 0.320 e. The normalized spacial score (nSPS) is 12.1. The smallest absolute Gasteiger partial charge is 0.320 e. The van der Waals surface area contributed by atoms with Crippen LogP contribution in [0.1, 0.15) is 5.56 Å². The third-order valence-electron chi connectivity index (χ3n) is 2.39. The van der Waals surface area contributed by atoms with Crippen LogP contribution in [0.2, 0.25) is 0 Å². The fourth-order valence-corrected chi connectivity index (χ4v) is 2.06. The predicted octanol–water partition coefficient (Wildman–Crippen LogP) is 1.56. The standard InChI is InChI=1S/C11H13BrFNO4/c1-17-9-5(3-8(14)11(15)16)6(12)4-7(13)10(9)18-2/h4,8H,3,14H2,1-2H3,(H,15,16). The van der Waals surface area contributed by atoms with Crippen LogP contribution in [0.3, 0.4) is 0 Å². The highest BCUT2D eigenvalue weighted by atomic mass is 79.9. The van der Waals surface area contributed by atoms with E-state index in [-0.39, 0.29) is 17.9 Å². The third kappa shape index (κ3) is 2.91. The number of benzene rings is 1. The van der Waals surface area contributed by atoms with Crippen molar-refractivity contribution in [1.82, 2.24) is 0 Å². The Morgan fingerprint density at radius 1 is 1.50 bits per heavy atom. The second-order valence-corrected chi connectivity index (χ2v) is 4.39. The van der Waals surface area contributed by atoms with Crippen LogP contribution in [0.4, 0.5) is 4.39 Å². The molecule has 100 valence electrons. The monoisotopic (exact) mass is 321 g/mol. The van der Waals surface area contributed by atoms with Crippen LogP contribution < -0.4 is 15.2 Å². The molecule has 0 saturated heterocycles. The first kappa shape index (κ1) is 14.7. The van der Waals surface area contributed by atoms with Crippen molar-refractivity contribution in [3.05, 3.63) is 21.9 Å². The number of hydrogen-bond acceptors (Lipinski definition) is 4. The minimum Gasteiger partial charge on any atom is -0.492 e. The van der Waals surface area contributed by atoms with Gasteiger partial charge in [0.1, 0.15) is 6.04 Å². The summed E-state index contributed by atoms with van der Waals surface area (Å²) in [6, 6.07) is 0.0796. The molecule has 0 fully saturated rings. The lowest BCUT2D eigenvalue weighted by atomic mass is 10.0. The summed E-state index contributed by atoms with van der Waals surface area (Å²) >= 11 is 3.16. The molecule has 1 aromatic rings. The lowest BCUT2D eigenvalue weighted by Gasteiger charge is -2.16. The van der Waals surface area contributed by atoms with Gasteiger partial charge >= 0.3 is 5.97 Å². The van der Waals surface area contributed by atoms with Gasteiger partial charge in [0.25, 0.3) is 0 Å². The quantitative estimate of drug-likeness (QED) is 0.860. The highest BCUT2D eigenvalue weighted by Crippen LogP contribution is 2.39. The first-order chi connectivity index (χ1) is 8.42. The van der Waals surface area contributed by atoms with Gasteiger partial charge in [-0.1, -0.05) is 15.9 Å². The van der Waals surface area contributed by atoms with E-state index < -0.39 is 17.8 Å². The van der Waals surface area contributed by atoms with E-state index in [2.05, 4.69) is 15.9 Å². The van der Waals surface area contributed by atoms with Crippen LogP contribution in [-0.4, -0.2) is 31.3 Å². The topological polar surface area (TPSA) is 81.8 Å². The van der Waals surface area contributed by atoms with E-state index in [1.54, 1.807) is 0 Å². The average molecular weight is 322 g/mol. The van der Waals surface area contributed by atoms with E-state index in [1.165, 1.54) is 20.3 Å². The van der Waals surface area contributed by atoms with Crippen LogP contribution in [0.15, 0.2) is 10.5 Å². The van der Waals surface area contributed by atoms with Crippen molar-refractivity contribution in [1.29, 1.82) is 0 Å². The Balaban J connectivity index is 3.29. The summed E-state index contributed by atoms with van der Waals surface area (Å²) in [7, 11) is 2.65. The summed E-state index contributed by atoms with van der Waals surface area (Å²) in [5.41, 5.74) is 5.91. The van der Waals surface area contributed by atoms with Gasteiger partial charge in [-0.15, -0.1) is 0 Å². The molecule has 1 unspecified atom stereocenters. The third-order valence-corrected chi connectivity index (χ3v) is 3.10. The average Bonchev–Trinajstić information content (AvgIpc) is 2.31. The van der Waals surface area contributed by atoms with Crippen LogP contribution in [0.5, 0.6) is 11.5 Å². The zero-order valence-corrected chi connectivity index (χ0v) is 11.5. The fourth-order valence-electron chi connectivity index (χ4n) is 1.52. The molecule has 1 aromatic carbocycles.